The summed E-state index contributed by atoms with van der Waals surface area (Å²) >= 11 is 0. The number of nitrogens with zero attached hydrogens (tertiary/aromatic N) is 1. The van der Waals surface area contributed by atoms with Crippen LogP contribution in [0, 0.1) is 13.8 Å². The Labute approximate surface area is 127 Å². The van der Waals surface area contributed by atoms with E-state index in [1.54, 1.807) is 0 Å². The summed E-state index contributed by atoms with van der Waals surface area (Å²) in [5, 5.41) is 0. The molecule has 3 rings (SSSR count). The van der Waals surface area contributed by atoms with Crippen molar-refractivity contribution in [2.45, 2.75) is 58.1 Å². The van der Waals surface area contributed by atoms with Crippen molar-refractivity contribution < 1.29 is 9.53 Å². The zero-order chi connectivity index (χ0) is 14.9. The summed E-state index contributed by atoms with van der Waals surface area (Å²) in [5.74, 6) is 0.279. The van der Waals surface area contributed by atoms with Crippen LogP contribution >= 0.6 is 0 Å². The van der Waals surface area contributed by atoms with Crippen LogP contribution in [-0.4, -0.2) is 29.6 Å². The number of rotatable bonds is 2. The van der Waals surface area contributed by atoms with Crippen molar-refractivity contribution in [2.75, 3.05) is 13.2 Å². The van der Waals surface area contributed by atoms with Crippen LogP contribution in [0.2, 0.25) is 0 Å². The summed E-state index contributed by atoms with van der Waals surface area (Å²) in [6.07, 6.45) is 4.78. The summed E-state index contributed by atoms with van der Waals surface area (Å²) in [6.45, 7) is 6.65. The maximum atomic E-state index is 12.4. The van der Waals surface area contributed by atoms with Gasteiger partial charge in [0.25, 0.3) is 0 Å². The number of carbonyl (C=O) groups is 1. The minimum Gasteiger partial charge on any atom is -0.375 e. The normalized spacial score (nSPS) is 26.4. The lowest BCUT2D eigenvalue weighted by molar-refractivity contribution is -0.131. The van der Waals surface area contributed by atoms with Crippen molar-refractivity contribution in [1.29, 1.82) is 0 Å². The van der Waals surface area contributed by atoms with Gasteiger partial charge in [0.05, 0.1) is 5.60 Å². The van der Waals surface area contributed by atoms with Gasteiger partial charge in [-0.15, -0.1) is 0 Å². The van der Waals surface area contributed by atoms with E-state index in [9.17, 15) is 4.79 Å². The monoisotopic (exact) mass is 287 g/mol. The van der Waals surface area contributed by atoms with Crippen molar-refractivity contribution in [3.8, 4) is 0 Å². The highest BCUT2D eigenvalue weighted by Gasteiger charge is 2.38. The molecule has 2 aliphatic rings. The third-order valence-corrected chi connectivity index (χ3v) is 4.82. The minimum atomic E-state index is -0.00701. The molecule has 0 saturated carbocycles. The van der Waals surface area contributed by atoms with E-state index in [4.69, 9.17) is 4.74 Å². The smallest absolute Gasteiger partial charge is 0.222 e. The third kappa shape index (κ3) is 3.29. The second kappa shape index (κ2) is 5.80. The zero-order valence-electron chi connectivity index (χ0n) is 13.2. The van der Waals surface area contributed by atoms with Crippen LogP contribution in [0.1, 0.15) is 48.8 Å². The predicted molar refractivity (Wildman–Crippen MR) is 83.1 cm³/mol. The number of aryl methyl sites for hydroxylation is 2. The highest BCUT2D eigenvalue weighted by Crippen LogP contribution is 2.36. The first-order valence-electron chi connectivity index (χ1n) is 8.05. The van der Waals surface area contributed by atoms with Crippen LogP contribution in [0.25, 0.3) is 0 Å². The van der Waals surface area contributed by atoms with Crippen molar-refractivity contribution in [3.63, 3.8) is 0 Å². The Kier molecular flexibility index (Phi) is 4.03. The van der Waals surface area contributed by atoms with E-state index >= 15 is 0 Å². The Morgan fingerprint density at radius 1 is 1.14 bits per heavy atom. The van der Waals surface area contributed by atoms with Gasteiger partial charge in [-0.1, -0.05) is 29.3 Å². The van der Waals surface area contributed by atoms with Crippen molar-refractivity contribution in [1.82, 2.24) is 4.90 Å². The second-order valence-electron chi connectivity index (χ2n) is 6.70. The van der Waals surface area contributed by atoms with Crippen molar-refractivity contribution >= 4 is 5.91 Å². The molecule has 114 valence electrons. The van der Waals surface area contributed by atoms with Gasteiger partial charge in [0.15, 0.2) is 0 Å². The number of carbonyl (C=O) groups excluding carboxylic acids is 1. The molecule has 0 N–H and O–H groups in total. The van der Waals surface area contributed by atoms with Crippen molar-refractivity contribution in [2.24, 2.45) is 0 Å². The van der Waals surface area contributed by atoms with Gasteiger partial charge < -0.3 is 9.64 Å². The molecular weight excluding hydrogens is 262 g/mol. The van der Waals surface area contributed by atoms with Gasteiger partial charge in [-0.3, -0.25) is 4.79 Å². The Morgan fingerprint density at radius 2 is 1.90 bits per heavy atom. The number of benzene rings is 1. The van der Waals surface area contributed by atoms with E-state index in [2.05, 4.69) is 32.0 Å². The first kappa shape index (κ1) is 14.6. The molecule has 0 radical (unpaired) electrons. The summed E-state index contributed by atoms with van der Waals surface area (Å²) in [4.78, 5) is 14.4. The van der Waals surface area contributed by atoms with Gasteiger partial charge in [-0.05, 0) is 45.1 Å². The number of ether oxygens (including phenoxy) is 1. The molecule has 2 fully saturated rings. The zero-order valence-corrected chi connectivity index (χ0v) is 13.2. The largest absolute Gasteiger partial charge is 0.375 e. The number of hydrogen-bond donors (Lipinski definition) is 0. The van der Waals surface area contributed by atoms with Crippen LogP contribution in [0.5, 0.6) is 0 Å². The molecule has 2 aliphatic heterocycles. The number of amides is 1. The molecule has 2 heterocycles. The Balaban J connectivity index is 1.71. The molecule has 0 aromatic heterocycles. The molecule has 2 saturated heterocycles. The van der Waals surface area contributed by atoms with Gasteiger partial charge in [0, 0.05) is 26.1 Å². The van der Waals surface area contributed by atoms with Crippen LogP contribution < -0.4 is 0 Å². The maximum absolute atomic E-state index is 12.4. The summed E-state index contributed by atoms with van der Waals surface area (Å²) in [6, 6.07) is 6.55. The molecule has 3 heteroatoms. The van der Waals surface area contributed by atoms with Crippen LogP contribution in [0.3, 0.4) is 0 Å². The minimum absolute atomic E-state index is 0.00701. The van der Waals surface area contributed by atoms with Crippen LogP contribution in [-0.2, 0) is 16.1 Å². The summed E-state index contributed by atoms with van der Waals surface area (Å²) in [5.41, 5.74) is 3.77. The first-order chi connectivity index (χ1) is 10.1. The molecule has 21 heavy (non-hydrogen) atoms. The fourth-order valence-electron chi connectivity index (χ4n) is 3.78. The third-order valence-electron chi connectivity index (χ3n) is 4.82. The molecule has 0 aliphatic carbocycles. The van der Waals surface area contributed by atoms with Crippen LogP contribution in [0.4, 0.5) is 0 Å². The fourth-order valence-corrected chi connectivity index (χ4v) is 3.78. The topological polar surface area (TPSA) is 29.5 Å². The quantitative estimate of drug-likeness (QED) is 0.834. The van der Waals surface area contributed by atoms with E-state index in [0.29, 0.717) is 6.42 Å². The molecule has 3 nitrogen and oxygen atoms in total. The van der Waals surface area contributed by atoms with E-state index in [-0.39, 0.29) is 11.5 Å². The fraction of sp³-hybridized carbons (Fsp3) is 0.611. The molecule has 0 unspecified atom stereocenters. The number of likely N-dealkylation sites (tertiary alicyclic amines) is 1. The molecule has 1 aromatic rings. The average Bonchev–Trinajstić information content (AvgIpc) is 2.83. The highest BCUT2D eigenvalue weighted by atomic mass is 16.5. The molecule has 0 bridgehead atoms. The molecular formula is C18H25NO2. The van der Waals surface area contributed by atoms with Crippen LogP contribution in [0.15, 0.2) is 18.2 Å². The lowest BCUT2D eigenvalue weighted by atomic mass is 9.92. The lowest BCUT2D eigenvalue weighted by Gasteiger charge is -2.26. The average molecular weight is 287 g/mol. The van der Waals surface area contributed by atoms with Gasteiger partial charge in [0.1, 0.15) is 0 Å². The lowest BCUT2D eigenvalue weighted by Crippen LogP contribution is -2.32. The Morgan fingerprint density at radius 3 is 2.57 bits per heavy atom. The standard InChI is InChI=1S/C18H25NO2/c1-14-10-15(2)12-16(11-14)13-19-8-7-18(5-3-9-21-18)6-4-17(19)20/h10-12H,3-9,13H2,1-2H3/t18-/m1/s1. The van der Waals surface area contributed by atoms with Gasteiger partial charge in [0.2, 0.25) is 5.91 Å². The SMILES string of the molecule is Cc1cc(C)cc(CN2CC[C@@]3(CCCO3)CCC2=O)c1. The molecule has 1 aromatic carbocycles. The van der Waals surface area contributed by atoms with E-state index in [1.165, 1.54) is 16.7 Å². The van der Waals surface area contributed by atoms with Crippen molar-refractivity contribution in [3.05, 3.63) is 34.9 Å². The summed E-state index contributed by atoms with van der Waals surface area (Å²) in [7, 11) is 0. The predicted octanol–water partition coefficient (Wildman–Crippen LogP) is 3.37. The first-order valence-corrected chi connectivity index (χ1v) is 8.05. The molecule has 1 atom stereocenters. The number of hydrogen-bond acceptors (Lipinski definition) is 2. The maximum Gasteiger partial charge on any atom is 0.222 e. The molecule has 1 spiro atoms. The molecule has 1 amide bonds. The Bertz CT molecular complexity index is 512. The van der Waals surface area contributed by atoms with E-state index in [0.717, 1.165) is 45.4 Å². The van der Waals surface area contributed by atoms with E-state index in [1.807, 2.05) is 4.90 Å². The summed E-state index contributed by atoms with van der Waals surface area (Å²) < 4.78 is 5.97. The van der Waals surface area contributed by atoms with Gasteiger partial charge in [-0.2, -0.15) is 0 Å². The highest BCUT2D eigenvalue weighted by molar-refractivity contribution is 5.76. The Hall–Kier alpha value is -1.35. The second-order valence-corrected chi connectivity index (χ2v) is 6.70. The van der Waals surface area contributed by atoms with E-state index < -0.39 is 0 Å². The van der Waals surface area contributed by atoms with Gasteiger partial charge >= 0.3 is 0 Å². The van der Waals surface area contributed by atoms with Gasteiger partial charge in [-0.25, -0.2) is 0 Å².